The third-order valence-corrected chi connectivity index (χ3v) is 4.03. The van der Waals surface area contributed by atoms with Gasteiger partial charge in [0.05, 0.1) is 25.0 Å². The Morgan fingerprint density at radius 3 is 2.58 bits per heavy atom. The molecule has 6 nitrogen and oxygen atoms in total. The van der Waals surface area contributed by atoms with Gasteiger partial charge < -0.3 is 10.5 Å². The third kappa shape index (κ3) is 4.13. The van der Waals surface area contributed by atoms with Crippen LogP contribution in [0.4, 0.5) is 11.4 Å². The zero-order chi connectivity index (χ0) is 14.6. The number of aryl methyl sites for hydroxylation is 1. The van der Waals surface area contributed by atoms with E-state index < -0.39 is 16.0 Å². The summed E-state index contributed by atoms with van der Waals surface area (Å²) in [7, 11) is -2.39. The summed E-state index contributed by atoms with van der Waals surface area (Å²) in [4.78, 5) is 11.0. The SMILES string of the molecule is COC(=O)CCS(=O)(=O)Nc1c(C)ccc(N)c1C. The molecule has 0 saturated heterocycles. The molecule has 0 aliphatic carbocycles. The average molecular weight is 286 g/mol. The van der Waals surface area contributed by atoms with Crippen molar-refractivity contribution in [1.82, 2.24) is 0 Å². The second-order valence-corrected chi connectivity index (χ2v) is 6.06. The van der Waals surface area contributed by atoms with Crippen LogP contribution in [0.1, 0.15) is 17.5 Å². The van der Waals surface area contributed by atoms with E-state index in [1.807, 2.05) is 0 Å². The Labute approximate surface area is 113 Å². The molecule has 0 fully saturated rings. The number of nitrogen functional groups attached to an aromatic ring is 1. The fourth-order valence-electron chi connectivity index (χ4n) is 1.55. The van der Waals surface area contributed by atoms with Crippen LogP contribution < -0.4 is 10.5 Å². The maximum Gasteiger partial charge on any atom is 0.306 e. The Kier molecular flexibility index (Phi) is 4.77. The molecule has 0 atom stereocenters. The molecule has 1 rings (SSSR count). The van der Waals surface area contributed by atoms with Crippen molar-refractivity contribution in [3.8, 4) is 0 Å². The molecule has 0 heterocycles. The van der Waals surface area contributed by atoms with Gasteiger partial charge >= 0.3 is 5.97 Å². The number of esters is 1. The predicted octanol–water partition coefficient (Wildman–Crippen LogP) is 1.19. The number of ether oxygens (including phenoxy) is 1. The van der Waals surface area contributed by atoms with E-state index in [2.05, 4.69) is 9.46 Å². The van der Waals surface area contributed by atoms with Crippen LogP contribution >= 0.6 is 0 Å². The van der Waals surface area contributed by atoms with Crippen molar-refractivity contribution in [2.45, 2.75) is 20.3 Å². The van der Waals surface area contributed by atoms with Gasteiger partial charge in [0.1, 0.15) is 0 Å². The minimum atomic E-state index is -3.61. The number of hydrogen-bond acceptors (Lipinski definition) is 5. The average Bonchev–Trinajstić information content (AvgIpc) is 2.36. The number of carbonyl (C=O) groups is 1. The van der Waals surface area contributed by atoms with Gasteiger partial charge in [-0.15, -0.1) is 0 Å². The molecule has 19 heavy (non-hydrogen) atoms. The van der Waals surface area contributed by atoms with Crippen molar-refractivity contribution in [3.05, 3.63) is 23.3 Å². The fraction of sp³-hybridized carbons (Fsp3) is 0.417. The molecule has 0 aliphatic rings. The number of sulfonamides is 1. The maximum atomic E-state index is 11.9. The minimum Gasteiger partial charge on any atom is -0.469 e. The summed E-state index contributed by atoms with van der Waals surface area (Å²) in [5, 5.41) is 0. The van der Waals surface area contributed by atoms with Gasteiger partial charge in [0, 0.05) is 5.69 Å². The molecular formula is C12H18N2O4S. The van der Waals surface area contributed by atoms with Crippen molar-refractivity contribution in [3.63, 3.8) is 0 Å². The van der Waals surface area contributed by atoms with Gasteiger partial charge in [-0.25, -0.2) is 8.42 Å². The Hall–Kier alpha value is -1.76. The van der Waals surface area contributed by atoms with E-state index in [1.54, 1.807) is 26.0 Å². The number of benzene rings is 1. The smallest absolute Gasteiger partial charge is 0.306 e. The molecule has 0 spiro atoms. The van der Waals surface area contributed by atoms with Gasteiger partial charge in [0.25, 0.3) is 0 Å². The van der Waals surface area contributed by atoms with E-state index in [9.17, 15) is 13.2 Å². The number of anilines is 2. The van der Waals surface area contributed by atoms with E-state index in [1.165, 1.54) is 7.11 Å². The number of carbonyl (C=O) groups excluding carboxylic acids is 1. The van der Waals surface area contributed by atoms with Crippen LogP contribution in [0.2, 0.25) is 0 Å². The van der Waals surface area contributed by atoms with Gasteiger partial charge in [0.2, 0.25) is 10.0 Å². The highest BCUT2D eigenvalue weighted by atomic mass is 32.2. The fourth-order valence-corrected chi connectivity index (χ4v) is 2.71. The van der Waals surface area contributed by atoms with E-state index in [-0.39, 0.29) is 12.2 Å². The van der Waals surface area contributed by atoms with Crippen molar-refractivity contribution in [1.29, 1.82) is 0 Å². The first-order valence-corrected chi connectivity index (χ1v) is 7.35. The first-order valence-electron chi connectivity index (χ1n) is 5.70. The van der Waals surface area contributed by atoms with Crippen LogP contribution in [0.15, 0.2) is 12.1 Å². The second-order valence-electron chi connectivity index (χ2n) is 4.22. The van der Waals surface area contributed by atoms with Crippen LogP contribution in [0.3, 0.4) is 0 Å². The highest BCUT2D eigenvalue weighted by molar-refractivity contribution is 7.92. The van der Waals surface area contributed by atoms with E-state index in [4.69, 9.17) is 5.73 Å². The molecular weight excluding hydrogens is 268 g/mol. The lowest BCUT2D eigenvalue weighted by molar-refractivity contribution is -0.140. The second kappa shape index (κ2) is 5.92. The summed E-state index contributed by atoms with van der Waals surface area (Å²) in [6.07, 6.45) is -0.188. The molecule has 0 saturated carbocycles. The quantitative estimate of drug-likeness (QED) is 0.626. The van der Waals surface area contributed by atoms with Gasteiger partial charge in [-0.05, 0) is 31.0 Å². The summed E-state index contributed by atoms with van der Waals surface area (Å²) >= 11 is 0. The summed E-state index contributed by atoms with van der Waals surface area (Å²) < 4.78 is 30.6. The summed E-state index contributed by atoms with van der Waals surface area (Å²) in [6.45, 7) is 3.52. The van der Waals surface area contributed by atoms with Crippen molar-refractivity contribution in [2.24, 2.45) is 0 Å². The topological polar surface area (TPSA) is 98.5 Å². The maximum absolute atomic E-state index is 11.9. The predicted molar refractivity (Wildman–Crippen MR) is 74.4 cm³/mol. The summed E-state index contributed by atoms with van der Waals surface area (Å²) in [5.74, 6) is -0.890. The Morgan fingerprint density at radius 1 is 1.37 bits per heavy atom. The molecule has 1 aromatic rings. The highest BCUT2D eigenvalue weighted by Gasteiger charge is 2.16. The normalized spacial score (nSPS) is 11.1. The first-order chi connectivity index (χ1) is 8.76. The molecule has 7 heteroatoms. The minimum absolute atomic E-state index is 0.188. The standard InChI is InChI=1S/C12H18N2O4S/c1-8-4-5-10(13)9(2)12(8)14-19(16,17)7-6-11(15)18-3/h4-5,14H,6-7,13H2,1-3H3. The van der Waals surface area contributed by atoms with Gasteiger partial charge in [-0.3, -0.25) is 9.52 Å². The van der Waals surface area contributed by atoms with E-state index in [0.717, 1.165) is 5.56 Å². The zero-order valence-corrected chi connectivity index (χ0v) is 12.0. The van der Waals surface area contributed by atoms with Crippen LogP contribution in [0, 0.1) is 13.8 Å². The van der Waals surface area contributed by atoms with Gasteiger partial charge in [-0.1, -0.05) is 6.07 Å². The Balaban J connectivity index is 2.90. The molecule has 0 aromatic heterocycles. The molecule has 106 valence electrons. The lowest BCUT2D eigenvalue weighted by Crippen LogP contribution is -2.20. The van der Waals surface area contributed by atoms with Crippen LogP contribution in [-0.2, 0) is 19.6 Å². The van der Waals surface area contributed by atoms with E-state index >= 15 is 0 Å². The summed E-state index contributed by atoms with van der Waals surface area (Å²) in [6, 6.07) is 3.46. The highest BCUT2D eigenvalue weighted by Crippen LogP contribution is 2.26. The molecule has 0 bridgehead atoms. The largest absolute Gasteiger partial charge is 0.469 e. The lowest BCUT2D eigenvalue weighted by atomic mass is 10.1. The Morgan fingerprint density at radius 2 is 2.00 bits per heavy atom. The number of methoxy groups -OCH3 is 1. The van der Waals surface area contributed by atoms with Crippen molar-refractivity contribution < 1.29 is 17.9 Å². The van der Waals surface area contributed by atoms with Gasteiger partial charge in [0.15, 0.2) is 0 Å². The molecule has 0 unspecified atom stereocenters. The summed E-state index contributed by atoms with van der Waals surface area (Å²) in [5.41, 5.74) is 8.16. The number of rotatable bonds is 5. The van der Waals surface area contributed by atoms with Crippen LogP contribution in [-0.4, -0.2) is 27.2 Å². The molecule has 3 N–H and O–H groups in total. The van der Waals surface area contributed by atoms with Crippen molar-refractivity contribution in [2.75, 3.05) is 23.3 Å². The number of nitrogens with one attached hydrogen (secondary N) is 1. The molecule has 0 radical (unpaired) electrons. The third-order valence-electron chi connectivity index (χ3n) is 2.78. The molecule has 0 aliphatic heterocycles. The van der Waals surface area contributed by atoms with Crippen LogP contribution in [0.25, 0.3) is 0 Å². The van der Waals surface area contributed by atoms with Gasteiger partial charge in [-0.2, -0.15) is 0 Å². The Bertz CT molecular complexity index is 582. The number of hydrogen-bond donors (Lipinski definition) is 2. The monoisotopic (exact) mass is 286 g/mol. The molecule has 0 amide bonds. The first kappa shape index (κ1) is 15.3. The van der Waals surface area contributed by atoms with E-state index in [0.29, 0.717) is 16.9 Å². The molecule has 1 aromatic carbocycles. The number of nitrogens with two attached hydrogens (primary N) is 1. The van der Waals surface area contributed by atoms with Crippen molar-refractivity contribution >= 4 is 27.4 Å². The lowest BCUT2D eigenvalue weighted by Gasteiger charge is -2.14. The zero-order valence-electron chi connectivity index (χ0n) is 11.2. The van der Waals surface area contributed by atoms with Crippen LogP contribution in [0.5, 0.6) is 0 Å².